The minimum Gasteiger partial charge on any atom is -0.369 e. The first-order valence-electron chi connectivity index (χ1n) is 10.0. The van der Waals surface area contributed by atoms with Crippen LogP contribution in [0.25, 0.3) is 11.2 Å². The van der Waals surface area contributed by atoms with Gasteiger partial charge in [-0.15, -0.1) is 0 Å². The van der Waals surface area contributed by atoms with Crippen LogP contribution < -0.4 is 15.5 Å². The number of hydrogen-bond donors (Lipinski definition) is 2. The van der Waals surface area contributed by atoms with Crippen molar-refractivity contribution in [2.75, 3.05) is 29.4 Å². The van der Waals surface area contributed by atoms with Gasteiger partial charge in [0.1, 0.15) is 5.82 Å². The molecular weight excluding hydrogens is 368 g/mol. The predicted molar refractivity (Wildman–Crippen MR) is 110 cm³/mol. The molecule has 5 rings (SSSR count). The van der Waals surface area contributed by atoms with E-state index in [0.717, 1.165) is 61.0 Å². The van der Waals surface area contributed by atoms with E-state index in [2.05, 4.69) is 36.0 Å². The minimum atomic E-state index is -0.440. The van der Waals surface area contributed by atoms with Gasteiger partial charge >= 0.3 is 0 Å². The van der Waals surface area contributed by atoms with E-state index in [-0.39, 0.29) is 5.91 Å². The molecule has 1 saturated heterocycles. The number of aryl methyl sites for hydroxylation is 1. The van der Waals surface area contributed by atoms with Crippen LogP contribution in [0.5, 0.6) is 0 Å². The molecule has 3 aromatic rings. The maximum atomic E-state index is 11.7. The van der Waals surface area contributed by atoms with Gasteiger partial charge in [0.25, 0.3) is 0 Å². The Kier molecular flexibility index (Phi) is 4.11. The molecule has 3 N–H and O–H groups in total. The third kappa shape index (κ3) is 2.97. The summed E-state index contributed by atoms with van der Waals surface area (Å²) in [5.74, 6) is 1.35. The van der Waals surface area contributed by atoms with E-state index in [1.807, 2.05) is 19.2 Å². The predicted octanol–water partition coefficient (Wildman–Crippen LogP) is 1.92. The second-order valence-corrected chi connectivity index (χ2v) is 8.11. The first kappa shape index (κ1) is 17.8. The topological polar surface area (TPSA) is 117 Å². The van der Waals surface area contributed by atoms with Crippen molar-refractivity contribution < 1.29 is 4.79 Å². The van der Waals surface area contributed by atoms with Crippen LogP contribution in [-0.2, 0) is 11.2 Å². The van der Waals surface area contributed by atoms with Crippen LogP contribution >= 0.6 is 0 Å². The van der Waals surface area contributed by atoms with Crippen LogP contribution in [0.3, 0.4) is 0 Å². The number of nitrogens with two attached hydrogens (primary N) is 1. The van der Waals surface area contributed by atoms with Gasteiger partial charge in [0, 0.05) is 31.2 Å². The zero-order valence-electron chi connectivity index (χ0n) is 16.4. The van der Waals surface area contributed by atoms with E-state index in [0.29, 0.717) is 18.5 Å². The van der Waals surface area contributed by atoms with E-state index in [9.17, 15) is 4.79 Å². The average Bonchev–Trinajstić information content (AvgIpc) is 3.17. The second kappa shape index (κ2) is 6.68. The number of carbonyl (C=O) groups is 1. The fourth-order valence-electron chi connectivity index (χ4n) is 4.21. The lowest BCUT2D eigenvalue weighted by molar-refractivity contribution is -0.127. The molecular formula is C20H24N8O. The smallest absolute Gasteiger partial charge is 0.223 e. The number of nitrogens with one attached hydrogen (secondary N) is 1. The van der Waals surface area contributed by atoms with E-state index in [1.54, 1.807) is 6.20 Å². The molecule has 1 amide bonds. The quantitative estimate of drug-likeness (QED) is 0.699. The van der Waals surface area contributed by atoms with E-state index < -0.39 is 5.41 Å². The number of aromatic nitrogens is 5. The highest BCUT2D eigenvalue weighted by Crippen LogP contribution is 2.35. The molecule has 0 aromatic carbocycles. The standard InChI is InChI=1S/C20H24N8O/c1-20(19(21)29)6-10-27(11-7-20)15-12-23-16-17(24-15)25-26-18(16)28-9-3-4-13-14(28)5-2-8-22-13/h2,5,8,12H,3-4,6-7,9-11H2,1H3,(H2,21,29)(H,24,25,26). The van der Waals surface area contributed by atoms with Crippen molar-refractivity contribution in [1.29, 1.82) is 0 Å². The van der Waals surface area contributed by atoms with Crippen molar-refractivity contribution in [1.82, 2.24) is 25.1 Å². The number of anilines is 3. The van der Waals surface area contributed by atoms with Gasteiger partial charge in [-0.3, -0.25) is 14.9 Å². The Morgan fingerprint density at radius 2 is 2.07 bits per heavy atom. The molecule has 9 nitrogen and oxygen atoms in total. The number of hydrogen-bond acceptors (Lipinski definition) is 7. The summed E-state index contributed by atoms with van der Waals surface area (Å²) in [7, 11) is 0. The Labute approximate surface area is 168 Å². The first-order chi connectivity index (χ1) is 14.0. The molecule has 0 radical (unpaired) electrons. The lowest BCUT2D eigenvalue weighted by atomic mass is 9.80. The van der Waals surface area contributed by atoms with Gasteiger partial charge in [0.15, 0.2) is 17.0 Å². The highest BCUT2D eigenvalue weighted by molar-refractivity contribution is 5.87. The molecule has 0 bridgehead atoms. The van der Waals surface area contributed by atoms with Crippen molar-refractivity contribution in [3.8, 4) is 0 Å². The minimum absolute atomic E-state index is 0.229. The Hall–Kier alpha value is -3.23. The van der Waals surface area contributed by atoms with Crippen molar-refractivity contribution in [3.63, 3.8) is 0 Å². The summed E-state index contributed by atoms with van der Waals surface area (Å²) < 4.78 is 0. The van der Waals surface area contributed by atoms with Gasteiger partial charge in [-0.25, -0.2) is 9.97 Å². The highest BCUT2D eigenvalue weighted by atomic mass is 16.1. The van der Waals surface area contributed by atoms with Crippen LogP contribution in [0.15, 0.2) is 24.5 Å². The first-order valence-corrected chi connectivity index (χ1v) is 10.0. The van der Waals surface area contributed by atoms with Crippen molar-refractivity contribution in [3.05, 3.63) is 30.2 Å². The molecule has 3 aromatic heterocycles. The monoisotopic (exact) mass is 392 g/mol. The number of H-pyrrole nitrogens is 1. The van der Waals surface area contributed by atoms with Gasteiger partial charge in [-0.2, -0.15) is 5.10 Å². The van der Waals surface area contributed by atoms with Crippen molar-refractivity contribution >= 4 is 34.4 Å². The Bertz CT molecular complexity index is 1070. The maximum Gasteiger partial charge on any atom is 0.223 e. The molecule has 0 aliphatic carbocycles. The fourth-order valence-corrected chi connectivity index (χ4v) is 4.21. The van der Waals surface area contributed by atoms with Gasteiger partial charge in [-0.1, -0.05) is 6.92 Å². The number of aromatic amines is 1. The number of amides is 1. The van der Waals surface area contributed by atoms with Gasteiger partial charge in [0.05, 0.1) is 17.6 Å². The maximum absolute atomic E-state index is 11.7. The van der Waals surface area contributed by atoms with Crippen molar-refractivity contribution in [2.24, 2.45) is 11.1 Å². The van der Waals surface area contributed by atoms with Crippen molar-refractivity contribution in [2.45, 2.75) is 32.6 Å². The van der Waals surface area contributed by atoms with Gasteiger partial charge in [0.2, 0.25) is 5.91 Å². The Morgan fingerprint density at radius 1 is 1.24 bits per heavy atom. The number of rotatable bonds is 3. The zero-order chi connectivity index (χ0) is 20.0. The molecule has 0 spiro atoms. The van der Waals surface area contributed by atoms with Crippen LogP contribution in [0.1, 0.15) is 31.9 Å². The molecule has 29 heavy (non-hydrogen) atoms. The molecule has 0 atom stereocenters. The van der Waals surface area contributed by atoms with E-state index in [4.69, 9.17) is 10.7 Å². The van der Waals surface area contributed by atoms with E-state index in [1.165, 1.54) is 0 Å². The summed E-state index contributed by atoms with van der Waals surface area (Å²) in [5.41, 5.74) is 8.71. The molecule has 0 saturated carbocycles. The summed E-state index contributed by atoms with van der Waals surface area (Å²) in [6.07, 6.45) is 7.06. The highest BCUT2D eigenvalue weighted by Gasteiger charge is 2.35. The average molecular weight is 392 g/mol. The summed E-state index contributed by atoms with van der Waals surface area (Å²) in [5, 5.41) is 7.56. The SMILES string of the molecule is CC1(C(N)=O)CCN(c2cnc3c(N4CCCc5ncccc54)n[nH]c3n2)CC1. The normalized spacial score (nSPS) is 18.7. The molecule has 2 aliphatic rings. The zero-order valence-corrected chi connectivity index (χ0v) is 16.4. The van der Waals surface area contributed by atoms with Gasteiger partial charge in [-0.05, 0) is 37.8 Å². The molecule has 0 unspecified atom stereocenters. The third-order valence-electron chi connectivity index (χ3n) is 6.23. The number of primary amides is 1. The molecule has 150 valence electrons. The largest absolute Gasteiger partial charge is 0.369 e. The summed E-state index contributed by atoms with van der Waals surface area (Å²) in [6.45, 7) is 4.27. The Morgan fingerprint density at radius 3 is 2.86 bits per heavy atom. The Balaban J connectivity index is 1.43. The number of piperidine rings is 1. The number of nitrogens with zero attached hydrogens (tertiary/aromatic N) is 6. The molecule has 5 heterocycles. The molecule has 1 fully saturated rings. The number of carbonyl (C=O) groups excluding carboxylic acids is 1. The van der Waals surface area contributed by atoms with Crippen LogP contribution in [-0.4, -0.2) is 50.7 Å². The van der Waals surface area contributed by atoms with Crippen LogP contribution in [0, 0.1) is 5.41 Å². The van der Waals surface area contributed by atoms with Gasteiger partial charge < -0.3 is 15.5 Å². The number of pyridine rings is 1. The third-order valence-corrected chi connectivity index (χ3v) is 6.23. The lowest BCUT2D eigenvalue weighted by Crippen LogP contribution is -2.45. The molecule has 2 aliphatic heterocycles. The van der Waals surface area contributed by atoms with Crippen LogP contribution in [0.2, 0.25) is 0 Å². The molecule has 9 heteroatoms. The summed E-state index contributed by atoms with van der Waals surface area (Å²) >= 11 is 0. The van der Waals surface area contributed by atoms with E-state index >= 15 is 0 Å². The second-order valence-electron chi connectivity index (χ2n) is 8.11. The number of fused-ring (bicyclic) bond motifs is 2. The fraction of sp³-hybridized carbons (Fsp3) is 0.450. The summed E-state index contributed by atoms with van der Waals surface area (Å²) in [4.78, 5) is 29.9. The lowest BCUT2D eigenvalue weighted by Gasteiger charge is -2.37. The van der Waals surface area contributed by atoms with Crippen LogP contribution in [0.4, 0.5) is 17.3 Å². The summed E-state index contributed by atoms with van der Waals surface area (Å²) in [6, 6.07) is 4.03.